The average molecular weight is 332 g/mol. The van der Waals surface area contributed by atoms with Crippen molar-refractivity contribution in [2.24, 2.45) is 34.5 Å². The van der Waals surface area contributed by atoms with Crippen molar-refractivity contribution in [3.8, 4) is 0 Å². The smallest absolute Gasteiger partial charge is 0.302 e. The van der Waals surface area contributed by atoms with Gasteiger partial charge in [-0.3, -0.25) is 9.59 Å². The summed E-state index contributed by atoms with van der Waals surface area (Å²) in [6.45, 7) is 6.34. The Bertz CT molecular complexity index is 555. The van der Waals surface area contributed by atoms with Crippen LogP contribution in [-0.4, -0.2) is 17.9 Å². The van der Waals surface area contributed by atoms with Gasteiger partial charge in [0.2, 0.25) is 0 Å². The molecule has 0 aromatic heterocycles. The van der Waals surface area contributed by atoms with E-state index in [0.29, 0.717) is 17.6 Å². The van der Waals surface area contributed by atoms with E-state index in [-0.39, 0.29) is 22.9 Å². The number of fused-ring (bicyclic) bond motifs is 5. The lowest BCUT2D eigenvalue weighted by molar-refractivity contribution is -0.163. The van der Waals surface area contributed by atoms with Crippen molar-refractivity contribution in [3.63, 3.8) is 0 Å². The number of hydrogen-bond donors (Lipinski definition) is 0. The molecule has 4 saturated carbocycles. The minimum Gasteiger partial charge on any atom is -0.462 e. The zero-order valence-corrected chi connectivity index (χ0v) is 15.5. The maximum Gasteiger partial charge on any atom is 0.302 e. The van der Waals surface area contributed by atoms with Crippen LogP contribution in [0.5, 0.6) is 0 Å². The zero-order chi connectivity index (χ0) is 17.1. The fourth-order valence-electron chi connectivity index (χ4n) is 7.48. The molecule has 4 aliphatic carbocycles. The van der Waals surface area contributed by atoms with Gasteiger partial charge >= 0.3 is 5.97 Å². The van der Waals surface area contributed by atoms with Gasteiger partial charge in [-0.1, -0.05) is 13.8 Å². The van der Waals surface area contributed by atoms with E-state index in [4.69, 9.17) is 4.74 Å². The van der Waals surface area contributed by atoms with Gasteiger partial charge in [0.15, 0.2) is 0 Å². The molecule has 0 aliphatic heterocycles. The first-order valence-corrected chi connectivity index (χ1v) is 10.0. The number of ketones is 1. The van der Waals surface area contributed by atoms with Gasteiger partial charge in [-0.05, 0) is 74.0 Å². The Hall–Kier alpha value is -0.860. The quantitative estimate of drug-likeness (QED) is 0.663. The van der Waals surface area contributed by atoms with Crippen molar-refractivity contribution >= 4 is 11.8 Å². The maximum absolute atomic E-state index is 12.2. The van der Waals surface area contributed by atoms with Crippen molar-refractivity contribution in [1.82, 2.24) is 0 Å². The molecule has 134 valence electrons. The van der Waals surface area contributed by atoms with E-state index in [1.165, 1.54) is 25.7 Å². The first-order valence-electron chi connectivity index (χ1n) is 10.0. The van der Waals surface area contributed by atoms with Crippen LogP contribution in [0.4, 0.5) is 0 Å². The lowest BCUT2D eigenvalue weighted by atomic mass is 9.45. The van der Waals surface area contributed by atoms with Gasteiger partial charge < -0.3 is 4.74 Å². The molecule has 0 amide bonds. The number of ether oxygens (including phenoxy) is 1. The summed E-state index contributed by atoms with van der Waals surface area (Å²) in [6.07, 6.45) is 10.1. The van der Waals surface area contributed by atoms with Crippen LogP contribution in [0.25, 0.3) is 0 Å². The van der Waals surface area contributed by atoms with Crippen molar-refractivity contribution in [1.29, 1.82) is 0 Å². The van der Waals surface area contributed by atoms with Crippen LogP contribution in [0, 0.1) is 34.5 Å². The summed E-state index contributed by atoms with van der Waals surface area (Å²) in [6, 6.07) is 0. The highest BCUT2D eigenvalue weighted by Gasteiger charge is 2.61. The second-order valence-electron chi connectivity index (χ2n) is 9.63. The fourth-order valence-corrected chi connectivity index (χ4v) is 7.48. The van der Waals surface area contributed by atoms with Crippen molar-refractivity contribution in [2.45, 2.75) is 84.7 Å². The van der Waals surface area contributed by atoms with Crippen LogP contribution in [0.15, 0.2) is 0 Å². The molecule has 0 bridgehead atoms. The molecule has 0 saturated heterocycles. The van der Waals surface area contributed by atoms with Crippen LogP contribution in [0.1, 0.15) is 78.6 Å². The van der Waals surface area contributed by atoms with Crippen LogP contribution in [0.3, 0.4) is 0 Å². The average Bonchev–Trinajstić information content (AvgIpc) is 2.82. The van der Waals surface area contributed by atoms with Crippen molar-refractivity contribution in [3.05, 3.63) is 0 Å². The van der Waals surface area contributed by atoms with E-state index in [2.05, 4.69) is 13.8 Å². The molecular weight excluding hydrogens is 300 g/mol. The maximum atomic E-state index is 12.2. The van der Waals surface area contributed by atoms with Crippen LogP contribution in [-0.2, 0) is 14.3 Å². The summed E-state index contributed by atoms with van der Waals surface area (Å²) in [7, 11) is 0. The Morgan fingerprint density at radius 1 is 1.00 bits per heavy atom. The van der Waals surface area contributed by atoms with Gasteiger partial charge in [-0.25, -0.2) is 0 Å². The summed E-state index contributed by atoms with van der Waals surface area (Å²) in [5.74, 6) is 3.23. The topological polar surface area (TPSA) is 43.4 Å². The predicted octanol–water partition coefficient (Wildman–Crippen LogP) is 4.53. The molecule has 24 heavy (non-hydrogen) atoms. The number of esters is 1. The van der Waals surface area contributed by atoms with E-state index in [9.17, 15) is 9.59 Å². The van der Waals surface area contributed by atoms with Gasteiger partial charge in [0, 0.05) is 25.2 Å². The number of carbonyl (C=O) groups is 2. The molecule has 0 heterocycles. The monoisotopic (exact) mass is 332 g/mol. The first kappa shape index (κ1) is 16.6. The molecule has 7 atom stereocenters. The Morgan fingerprint density at radius 2 is 1.75 bits per heavy atom. The first-order chi connectivity index (χ1) is 11.3. The third kappa shape index (κ3) is 2.29. The Kier molecular flexibility index (Phi) is 3.85. The minimum absolute atomic E-state index is 0.111. The molecule has 4 aliphatic rings. The second kappa shape index (κ2) is 5.57. The Balaban J connectivity index is 1.60. The zero-order valence-electron chi connectivity index (χ0n) is 15.5. The van der Waals surface area contributed by atoms with E-state index in [1.54, 1.807) is 6.92 Å². The molecular formula is C21H32O3. The summed E-state index contributed by atoms with van der Waals surface area (Å²) >= 11 is 0. The van der Waals surface area contributed by atoms with Crippen molar-refractivity contribution < 1.29 is 14.3 Å². The number of rotatable bonds is 1. The number of Topliss-reactive ketones (excluding diaryl/α,β-unsaturated/α-hetero) is 1. The Labute approximate surface area is 145 Å². The van der Waals surface area contributed by atoms with Crippen LogP contribution < -0.4 is 0 Å². The highest BCUT2D eigenvalue weighted by atomic mass is 16.5. The molecule has 0 radical (unpaired) electrons. The molecule has 0 spiro atoms. The van der Waals surface area contributed by atoms with Crippen LogP contribution >= 0.6 is 0 Å². The molecule has 0 unspecified atom stereocenters. The normalized spacial score (nSPS) is 50.6. The minimum atomic E-state index is -0.127. The van der Waals surface area contributed by atoms with Gasteiger partial charge in [-0.2, -0.15) is 0 Å². The van der Waals surface area contributed by atoms with E-state index in [1.807, 2.05) is 0 Å². The fraction of sp³-hybridized carbons (Fsp3) is 0.905. The summed E-state index contributed by atoms with van der Waals surface area (Å²) in [5.41, 5.74) is 0.397. The molecule has 0 aromatic carbocycles. The molecule has 0 N–H and O–H groups in total. The lowest BCUT2D eigenvalue weighted by Gasteiger charge is -2.59. The summed E-state index contributed by atoms with van der Waals surface area (Å²) < 4.78 is 5.72. The standard InChI is InChI=1S/C21H32O3/c1-13(22)24-19-9-8-17-16-7-5-14-4-6-15(23)12-21(14,3)18(16)10-11-20(17,19)2/h14,16-19H,4-12H2,1-3H3/t14-,16+,17-,18-,19-,20+,21+/m1/s1. The summed E-state index contributed by atoms with van der Waals surface area (Å²) in [5, 5.41) is 0. The van der Waals surface area contributed by atoms with Gasteiger partial charge in [0.1, 0.15) is 11.9 Å². The molecule has 4 rings (SSSR count). The van der Waals surface area contributed by atoms with E-state index >= 15 is 0 Å². The molecule has 0 aromatic rings. The third-order valence-corrected chi connectivity index (χ3v) is 8.64. The highest BCUT2D eigenvalue weighted by Crippen LogP contribution is 2.66. The SMILES string of the molecule is CC(=O)O[C@@H]1CC[C@@H]2[C@@H]3CC[C@H]4CCC(=O)C[C@]4(C)[C@@H]3CC[C@@]21C. The Morgan fingerprint density at radius 3 is 2.50 bits per heavy atom. The van der Waals surface area contributed by atoms with Gasteiger partial charge in [-0.15, -0.1) is 0 Å². The lowest BCUT2D eigenvalue weighted by Crippen LogP contribution is -2.54. The molecule has 4 fully saturated rings. The largest absolute Gasteiger partial charge is 0.462 e. The predicted molar refractivity (Wildman–Crippen MR) is 92.3 cm³/mol. The van der Waals surface area contributed by atoms with Gasteiger partial charge in [0.25, 0.3) is 0 Å². The third-order valence-electron chi connectivity index (χ3n) is 8.64. The molecule has 3 heteroatoms. The summed E-state index contributed by atoms with van der Waals surface area (Å²) in [4.78, 5) is 23.7. The van der Waals surface area contributed by atoms with Crippen LogP contribution in [0.2, 0.25) is 0 Å². The van der Waals surface area contributed by atoms with E-state index in [0.717, 1.165) is 43.9 Å². The van der Waals surface area contributed by atoms with Gasteiger partial charge in [0.05, 0.1) is 0 Å². The van der Waals surface area contributed by atoms with Crippen molar-refractivity contribution in [2.75, 3.05) is 0 Å². The highest BCUT2D eigenvalue weighted by molar-refractivity contribution is 5.80. The molecule has 3 nitrogen and oxygen atoms in total. The number of hydrogen-bond acceptors (Lipinski definition) is 3. The van der Waals surface area contributed by atoms with E-state index < -0.39 is 0 Å². The second-order valence-corrected chi connectivity index (χ2v) is 9.63. The number of carbonyl (C=O) groups excluding carboxylic acids is 2.